The standard InChI is InChI=1S/C13H13BrFN3O3/c1-18-11(19)3-2-10(13(18)21)17-12(20)6-4-9(16)8(15)5-7(6)14/h4-5,10H,2-3,16H2,1H3,(H,17,20). The van der Waals surface area contributed by atoms with E-state index in [0.717, 1.165) is 11.0 Å². The van der Waals surface area contributed by atoms with Crippen molar-refractivity contribution in [2.24, 2.45) is 0 Å². The number of likely N-dealkylation sites (tertiary alicyclic amines) is 1. The molecule has 1 aromatic rings. The number of carbonyl (C=O) groups excluding carboxylic acids is 3. The maximum absolute atomic E-state index is 13.3. The number of halogens is 2. The van der Waals surface area contributed by atoms with Gasteiger partial charge in [0.15, 0.2) is 0 Å². The zero-order valence-corrected chi connectivity index (χ0v) is 12.7. The number of anilines is 1. The first-order valence-corrected chi connectivity index (χ1v) is 6.96. The molecule has 0 saturated carbocycles. The van der Waals surface area contributed by atoms with E-state index in [4.69, 9.17) is 5.73 Å². The maximum atomic E-state index is 13.3. The van der Waals surface area contributed by atoms with Gasteiger partial charge in [0.05, 0.1) is 11.3 Å². The van der Waals surface area contributed by atoms with Gasteiger partial charge in [-0.3, -0.25) is 19.3 Å². The lowest BCUT2D eigenvalue weighted by molar-refractivity contribution is -0.147. The summed E-state index contributed by atoms with van der Waals surface area (Å²) >= 11 is 3.08. The van der Waals surface area contributed by atoms with Crippen LogP contribution in [0.1, 0.15) is 23.2 Å². The monoisotopic (exact) mass is 357 g/mol. The van der Waals surface area contributed by atoms with Crippen LogP contribution < -0.4 is 11.1 Å². The molecular formula is C13H13BrFN3O3. The molecule has 0 spiro atoms. The molecular weight excluding hydrogens is 345 g/mol. The molecule has 0 aliphatic carbocycles. The lowest BCUT2D eigenvalue weighted by Gasteiger charge is -2.28. The Balaban J connectivity index is 2.17. The highest BCUT2D eigenvalue weighted by Crippen LogP contribution is 2.23. The van der Waals surface area contributed by atoms with Crippen molar-refractivity contribution in [1.29, 1.82) is 0 Å². The van der Waals surface area contributed by atoms with Crippen LogP contribution in [0.15, 0.2) is 16.6 Å². The third-order valence-corrected chi connectivity index (χ3v) is 3.94. The summed E-state index contributed by atoms with van der Waals surface area (Å²) in [6.07, 6.45) is 0.419. The van der Waals surface area contributed by atoms with Crippen LogP contribution in [0.2, 0.25) is 0 Å². The number of amides is 3. The third kappa shape index (κ3) is 3.05. The smallest absolute Gasteiger partial charge is 0.253 e. The van der Waals surface area contributed by atoms with Gasteiger partial charge in [-0.25, -0.2) is 4.39 Å². The Kier molecular flexibility index (Phi) is 4.26. The van der Waals surface area contributed by atoms with Gasteiger partial charge in [0.2, 0.25) is 5.91 Å². The van der Waals surface area contributed by atoms with E-state index in [1.54, 1.807) is 0 Å². The van der Waals surface area contributed by atoms with Crippen molar-refractivity contribution in [3.8, 4) is 0 Å². The van der Waals surface area contributed by atoms with E-state index in [1.165, 1.54) is 13.1 Å². The van der Waals surface area contributed by atoms with Crippen molar-refractivity contribution in [2.75, 3.05) is 12.8 Å². The van der Waals surface area contributed by atoms with E-state index >= 15 is 0 Å². The summed E-state index contributed by atoms with van der Waals surface area (Å²) in [5, 5.41) is 2.53. The predicted octanol–water partition coefficient (Wildman–Crippen LogP) is 1.05. The predicted molar refractivity (Wildman–Crippen MR) is 76.8 cm³/mol. The molecule has 21 heavy (non-hydrogen) atoms. The van der Waals surface area contributed by atoms with Gasteiger partial charge in [-0.15, -0.1) is 0 Å². The van der Waals surface area contributed by atoms with Crippen LogP contribution in [0, 0.1) is 5.82 Å². The fourth-order valence-electron chi connectivity index (χ4n) is 2.03. The molecule has 1 aliphatic heterocycles. The Labute approximate surface area is 128 Å². The summed E-state index contributed by atoms with van der Waals surface area (Å²) in [5.74, 6) is -1.95. The Morgan fingerprint density at radius 1 is 1.48 bits per heavy atom. The second-order valence-corrected chi connectivity index (χ2v) is 5.56. The average molecular weight is 358 g/mol. The number of nitrogens with one attached hydrogen (secondary N) is 1. The number of piperidine rings is 1. The van der Waals surface area contributed by atoms with Crippen LogP contribution in [0.4, 0.5) is 10.1 Å². The molecule has 1 aromatic carbocycles. The number of hydrogen-bond donors (Lipinski definition) is 2. The molecule has 8 heteroatoms. The van der Waals surface area contributed by atoms with Gasteiger partial charge in [-0.1, -0.05) is 0 Å². The Morgan fingerprint density at radius 3 is 2.81 bits per heavy atom. The largest absolute Gasteiger partial charge is 0.396 e. The summed E-state index contributed by atoms with van der Waals surface area (Å²) in [6.45, 7) is 0. The lowest BCUT2D eigenvalue weighted by atomic mass is 10.0. The molecule has 0 radical (unpaired) electrons. The van der Waals surface area contributed by atoms with Crippen LogP contribution in [0.5, 0.6) is 0 Å². The molecule has 1 saturated heterocycles. The van der Waals surface area contributed by atoms with Crippen LogP contribution in [-0.4, -0.2) is 35.7 Å². The highest BCUT2D eigenvalue weighted by atomic mass is 79.9. The number of hydrogen-bond acceptors (Lipinski definition) is 4. The molecule has 1 unspecified atom stereocenters. The SMILES string of the molecule is CN1C(=O)CCC(NC(=O)c2cc(N)c(F)cc2Br)C1=O. The minimum atomic E-state index is -0.779. The molecule has 1 aliphatic rings. The number of nitrogens with zero attached hydrogens (tertiary/aromatic N) is 1. The van der Waals surface area contributed by atoms with E-state index < -0.39 is 23.7 Å². The van der Waals surface area contributed by atoms with Crippen LogP contribution in [0.3, 0.4) is 0 Å². The second kappa shape index (κ2) is 5.80. The summed E-state index contributed by atoms with van der Waals surface area (Å²) in [6, 6.07) is 1.50. The first-order valence-electron chi connectivity index (χ1n) is 6.17. The molecule has 1 fully saturated rings. The molecule has 0 bridgehead atoms. The summed E-state index contributed by atoms with van der Waals surface area (Å²) in [5.41, 5.74) is 5.40. The summed E-state index contributed by atoms with van der Waals surface area (Å²) < 4.78 is 13.5. The minimum absolute atomic E-state index is 0.126. The molecule has 3 N–H and O–H groups in total. The van der Waals surface area contributed by atoms with Gasteiger partial charge in [-0.2, -0.15) is 0 Å². The van der Waals surface area contributed by atoms with Crippen molar-refractivity contribution in [3.05, 3.63) is 28.0 Å². The first kappa shape index (κ1) is 15.4. The van der Waals surface area contributed by atoms with E-state index in [-0.39, 0.29) is 34.5 Å². The average Bonchev–Trinajstić information content (AvgIpc) is 2.43. The lowest BCUT2D eigenvalue weighted by Crippen LogP contribution is -2.52. The molecule has 6 nitrogen and oxygen atoms in total. The summed E-state index contributed by atoms with van der Waals surface area (Å²) in [4.78, 5) is 36.4. The molecule has 1 heterocycles. The van der Waals surface area contributed by atoms with Crippen molar-refractivity contribution in [2.45, 2.75) is 18.9 Å². The van der Waals surface area contributed by atoms with Crippen molar-refractivity contribution in [1.82, 2.24) is 10.2 Å². The first-order chi connectivity index (χ1) is 9.81. The number of rotatable bonds is 2. The van der Waals surface area contributed by atoms with E-state index in [0.29, 0.717) is 0 Å². The highest BCUT2D eigenvalue weighted by molar-refractivity contribution is 9.10. The number of benzene rings is 1. The fourth-order valence-corrected chi connectivity index (χ4v) is 2.52. The van der Waals surface area contributed by atoms with Crippen LogP contribution in [0.25, 0.3) is 0 Å². The molecule has 0 aromatic heterocycles. The fraction of sp³-hybridized carbons (Fsp3) is 0.308. The molecule has 112 valence electrons. The van der Waals surface area contributed by atoms with Gasteiger partial charge in [0, 0.05) is 17.9 Å². The zero-order valence-electron chi connectivity index (χ0n) is 11.2. The number of nitrogens with two attached hydrogens (primary N) is 1. The van der Waals surface area contributed by atoms with Crippen molar-refractivity contribution < 1.29 is 18.8 Å². The summed E-state index contributed by atoms with van der Waals surface area (Å²) in [7, 11) is 1.37. The van der Waals surface area contributed by atoms with Crippen molar-refractivity contribution in [3.63, 3.8) is 0 Å². The van der Waals surface area contributed by atoms with Gasteiger partial charge >= 0.3 is 0 Å². The number of imide groups is 1. The Hall–Kier alpha value is -1.96. The normalized spacial score (nSPS) is 18.8. The zero-order chi connectivity index (χ0) is 15.7. The number of carbonyl (C=O) groups is 3. The van der Waals surface area contributed by atoms with Gasteiger partial charge < -0.3 is 11.1 Å². The number of likely N-dealkylation sites (N-methyl/N-ethyl adjacent to an activating group) is 1. The molecule has 3 amide bonds. The maximum Gasteiger partial charge on any atom is 0.253 e. The topological polar surface area (TPSA) is 92.5 Å². The van der Waals surface area contributed by atoms with E-state index in [9.17, 15) is 18.8 Å². The van der Waals surface area contributed by atoms with Gasteiger partial charge in [0.25, 0.3) is 11.8 Å². The van der Waals surface area contributed by atoms with Gasteiger partial charge in [0.1, 0.15) is 11.9 Å². The van der Waals surface area contributed by atoms with E-state index in [2.05, 4.69) is 21.2 Å². The molecule has 1 atom stereocenters. The highest BCUT2D eigenvalue weighted by Gasteiger charge is 2.33. The second-order valence-electron chi connectivity index (χ2n) is 4.71. The van der Waals surface area contributed by atoms with Gasteiger partial charge in [-0.05, 0) is 34.5 Å². The van der Waals surface area contributed by atoms with Crippen molar-refractivity contribution >= 4 is 39.3 Å². The number of nitrogen functional groups attached to an aromatic ring is 1. The quantitative estimate of drug-likeness (QED) is 0.611. The van der Waals surface area contributed by atoms with E-state index in [1.807, 2.05) is 0 Å². The Bertz CT molecular complexity index is 635. The van der Waals surface area contributed by atoms with Crippen LogP contribution >= 0.6 is 15.9 Å². The molecule has 2 rings (SSSR count). The third-order valence-electron chi connectivity index (χ3n) is 3.29. The minimum Gasteiger partial charge on any atom is -0.396 e. The Morgan fingerprint density at radius 2 is 2.14 bits per heavy atom. The van der Waals surface area contributed by atoms with Crippen LogP contribution in [-0.2, 0) is 9.59 Å².